The van der Waals surface area contributed by atoms with E-state index in [0.29, 0.717) is 31.1 Å². The summed E-state index contributed by atoms with van der Waals surface area (Å²) in [5, 5.41) is 1.87. The number of hydrogen-bond donors (Lipinski definition) is 0. The highest BCUT2D eigenvalue weighted by Gasteiger charge is 2.50. The standard InChI is InChI=1S/C20H28N3O8P/c1-6-29-32(26,31-18-19(25)28-12-20(18,3)4)30-17-14(24)7-8-23-16(17)13(2)22-9-10-27-11-15(22)21(23)5/h7-8,15,18H,2,6,9-12H2,1,3-5H3/t15?,18-,32?/m0/s1. The van der Waals surface area contributed by atoms with Gasteiger partial charge >= 0.3 is 13.8 Å². The van der Waals surface area contributed by atoms with Crippen molar-refractivity contribution in [3.05, 3.63) is 34.8 Å². The lowest BCUT2D eigenvalue weighted by atomic mass is 9.90. The van der Waals surface area contributed by atoms with Crippen LogP contribution in [-0.2, 0) is 27.9 Å². The average Bonchev–Trinajstić information content (AvgIpc) is 3.00. The molecule has 0 bridgehead atoms. The van der Waals surface area contributed by atoms with E-state index < -0.39 is 30.7 Å². The Labute approximate surface area is 186 Å². The second-order valence-electron chi connectivity index (χ2n) is 8.51. The lowest BCUT2D eigenvalue weighted by Crippen LogP contribution is -2.60. The van der Waals surface area contributed by atoms with Gasteiger partial charge in [-0.15, -0.1) is 0 Å². The van der Waals surface area contributed by atoms with Crippen molar-refractivity contribution in [1.82, 2.24) is 9.58 Å². The van der Waals surface area contributed by atoms with Crippen LogP contribution < -0.4 is 15.0 Å². The van der Waals surface area contributed by atoms with Crippen molar-refractivity contribution in [3.63, 3.8) is 0 Å². The summed E-state index contributed by atoms with van der Waals surface area (Å²) in [6.07, 6.45) is 0.297. The zero-order valence-electron chi connectivity index (χ0n) is 18.6. The predicted octanol–water partition coefficient (Wildman–Crippen LogP) is 1.55. The van der Waals surface area contributed by atoms with Crippen molar-refractivity contribution < 1.29 is 32.4 Å². The summed E-state index contributed by atoms with van der Waals surface area (Å²) in [5.74, 6) is -0.888. The van der Waals surface area contributed by atoms with Gasteiger partial charge in [-0.1, -0.05) is 20.4 Å². The largest absolute Gasteiger partial charge is 0.531 e. The molecule has 11 nitrogen and oxygen atoms in total. The van der Waals surface area contributed by atoms with E-state index in [1.165, 1.54) is 6.07 Å². The normalized spacial score (nSPS) is 26.2. The van der Waals surface area contributed by atoms with Gasteiger partial charge in [0.2, 0.25) is 11.2 Å². The highest BCUT2D eigenvalue weighted by Crippen LogP contribution is 2.54. The number of aromatic nitrogens is 1. The maximum Gasteiger partial charge on any atom is 0.531 e. The SMILES string of the molecule is C=C1c2c(OP(=O)(OCC)O[C@H]3C(=O)OCC3(C)C)c(=O)ccn2N(C)C2COCCN12. The second-order valence-corrected chi connectivity index (χ2v) is 10.1. The molecule has 1 aromatic rings. The molecule has 2 fully saturated rings. The van der Waals surface area contributed by atoms with Crippen molar-refractivity contribution in [2.45, 2.75) is 33.0 Å². The summed E-state index contributed by atoms with van der Waals surface area (Å²) in [5.41, 5.74) is -0.416. The molecule has 0 radical (unpaired) electrons. The molecule has 0 spiro atoms. The number of cyclic esters (lactones) is 1. The summed E-state index contributed by atoms with van der Waals surface area (Å²) in [6, 6.07) is 1.30. The predicted molar refractivity (Wildman–Crippen MR) is 115 cm³/mol. The number of morpholine rings is 1. The third kappa shape index (κ3) is 3.83. The van der Waals surface area contributed by atoms with Gasteiger partial charge < -0.3 is 18.9 Å². The number of phosphoric ester groups is 1. The fourth-order valence-electron chi connectivity index (χ4n) is 4.01. The topological polar surface area (TPSA) is 109 Å². The number of esters is 1. The van der Waals surface area contributed by atoms with Gasteiger partial charge in [0.1, 0.15) is 11.9 Å². The van der Waals surface area contributed by atoms with Crippen LogP contribution in [0.3, 0.4) is 0 Å². The molecule has 176 valence electrons. The molecule has 4 rings (SSSR count). The molecule has 32 heavy (non-hydrogen) atoms. The van der Waals surface area contributed by atoms with E-state index in [1.807, 2.05) is 17.0 Å². The fraction of sp³-hybridized carbons (Fsp3) is 0.600. The van der Waals surface area contributed by atoms with Gasteiger partial charge in [-0.3, -0.25) is 23.5 Å². The molecule has 4 heterocycles. The molecular formula is C20H28N3O8P. The van der Waals surface area contributed by atoms with E-state index in [1.54, 1.807) is 31.6 Å². The second kappa shape index (κ2) is 8.22. The number of ether oxygens (including phenoxy) is 2. The van der Waals surface area contributed by atoms with Crippen LogP contribution in [-0.4, -0.2) is 67.8 Å². The smallest absolute Gasteiger partial charge is 0.463 e. The quantitative estimate of drug-likeness (QED) is 0.450. The Bertz CT molecular complexity index is 1040. The maximum atomic E-state index is 13.6. The number of hydrogen-bond acceptors (Lipinski definition) is 10. The highest BCUT2D eigenvalue weighted by atomic mass is 31.2. The van der Waals surface area contributed by atoms with E-state index in [0.717, 1.165) is 0 Å². The van der Waals surface area contributed by atoms with E-state index in [-0.39, 0.29) is 25.1 Å². The summed E-state index contributed by atoms with van der Waals surface area (Å²) in [7, 11) is -2.54. The molecule has 3 aliphatic heterocycles. The van der Waals surface area contributed by atoms with Crippen LogP contribution in [0.4, 0.5) is 0 Å². The number of rotatable bonds is 6. The van der Waals surface area contributed by atoms with Crippen molar-refractivity contribution in [2.24, 2.45) is 5.41 Å². The van der Waals surface area contributed by atoms with Gasteiger partial charge in [0.25, 0.3) is 0 Å². The molecule has 2 unspecified atom stereocenters. The summed E-state index contributed by atoms with van der Waals surface area (Å²) >= 11 is 0. The van der Waals surface area contributed by atoms with Gasteiger partial charge in [0.05, 0.1) is 32.1 Å². The van der Waals surface area contributed by atoms with E-state index >= 15 is 0 Å². The summed E-state index contributed by atoms with van der Waals surface area (Å²) in [6.45, 7) is 10.9. The molecule has 0 aromatic carbocycles. The molecule has 0 N–H and O–H groups in total. The van der Waals surface area contributed by atoms with E-state index in [2.05, 4.69) is 6.58 Å². The average molecular weight is 469 g/mol. The Balaban J connectivity index is 1.74. The van der Waals surface area contributed by atoms with Gasteiger partial charge in [0, 0.05) is 31.3 Å². The summed E-state index contributed by atoms with van der Waals surface area (Å²) in [4.78, 5) is 27.0. The molecule has 12 heteroatoms. The van der Waals surface area contributed by atoms with Crippen molar-refractivity contribution in [3.8, 4) is 5.75 Å². The Hall–Kier alpha value is -2.33. The third-order valence-electron chi connectivity index (χ3n) is 5.76. The zero-order valence-corrected chi connectivity index (χ0v) is 19.5. The first-order valence-electron chi connectivity index (χ1n) is 10.4. The van der Waals surface area contributed by atoms with Crippen LogP contribution in [0.2, 0.25) is 0 Å². The maximum absolute atomic E-state index is 13.6. The fourth-order valence-corrected chi connectivity index (χ4v) is 5.51. The van der Waals surface area contributed by atoms with Crippen LogP contribution in [0.5, 0.6) is 5.75 Å². The van der Waals surface area contributed by atoms with E-state index in [9.17, 15) is 14.2 Å². The minimum Gasteiger partial charge on any atom is -0.463 e. The number of fused-ring (bicyclic) bond motifs is 2. The summed E-state index contributed by atoms with van der Waals surface area (Å²) < 4.78 is 42.5. The van der Waals surface area contributed by atoms with Crippen LogP contribution in [0.1, 0.15) is 26.5 Å². The number of carbonyl (C=O) groups is 1. The van der Waals surface area contributed by atoms with Crippen molar-refractivity contribution in [1.29, 1.82) is 0 Å². The highest BCUT2D eigenvalue weighted by molar-refractivity contribution is 7.49. The molecule has 3 atom stereocenters. The molecule has 0 aliphatic carbocycles. The minimum absolute atomic E-state index is 0.0256. The van der Waals surface area contributed by atoms with Crippen LogP contribution >= 0.6 is 7.82 Å². The monoisotopic (exact) mass is 469 g/mol. The van der Waals surface area contributed by atoms with Crippen LogP contribution in [0, 0.1) is 5.41 Å². The Kier molecular flexibility index (Phi) is 5.87. The number of carbonyl (C=O) groups excluding carboxylic acids is 1. The lowest BCUT2D eigenvalue weighted by molar-refractivity contribution is -0.144. The first kappa shape index (κ1) is 22.8. The minimum atomic E-state index is -4.38. The first-order valence-corrected chi connectivity index (χ1v) is 11.9. The Morgan fingerprint density at radius 1 is 1.34 bits per heavy atom. The van der Waals surface area contributed by atoms with Gasteiger partial charge in [-0.25, -0.2) is 9.36 Å². The molecule has 0 saturated carbocycles. The number of likely N-dealkylation sites (N-methyl/N-ethyl adjacent to an activating group) is 1. The molecular weight excluding hydrogens is 441 g/mol. The van der Waals surface area contributed by atoms with E-state index in [4.69, 9.17) is 23.0 Å². The number of pyridine rings is 1. The Morgan fingerprint density at radius 3 is 2.75 bits per heavy atom. The number of phosphoric acid groups is 1. The Morgan fingerprint density at radius 2 is 2.09 bits per heavy atom. The van der Waals surface area contributed by atoms with Gasteiger partial charge in [0.15, 0.2) is 6.10 Å². The lowest BCUT2D eigenvalue weighted by Gasteiger charge is -2.49. The molecule has 3 aliphatic rings. The van der Waals surface area contributed by atoms with Crippen LogP contribution in [0.25, 0.3) is 5.70 Å². The molecule has 2 saturated heterocycles. The molecule has 1 aromatic heterocycles. The van der Waals surface area contributed by atoms with Crippen molar-refractivity contribution in [2.75, 3.05) is 45.0 Å². The molecule has 0 amide bonds. The zero-order chi connectivity index (χ0) is 23.3. The van der Waals surface area contributed by atoms with Crippen molar-refractivity contribution >= 4 is 19.5 Å². The van der Waals surface area contributed by atoms with Gasteiger partial charge in [-0.05, 0) is 6.92 Å². The van der Waals surface area contributed by atoms with Gasteiger partial charge in [-0.2, -0.15) is 0 Å². The van der Waals surface area contributed by atoms with Crippen LogP contribution in [0.15, 0.2) is 23.6 Å². The number of nitrogens with zero attached hydrogens (tertiary/aromatic N) is 3. The third-order valence-corrected chi connectivity index (χ3v) is 7.21. The first-order chi connectivity index (χ1) is 15.1.